The first-order chi connectivity index (χ1) is 10.9. The van der Waals surface area contributed by atoms with Crippen molar-refractivity contribution in [2.75, 3.05) is 11.9 Å². The summed E-state index contributed by atoms with van der Waals surface area (Å²) in [4.78, 5) is 4.33. The Kier molecular flexibility index (Phi) is 4.60. The van der Waals surface area contributed by atoms with E-state index in [1.165, 1.54) is 11.1 Å². The van der Waals surface area contributed by atoms with Crippen molar-refractivity contribution in [3.63, 3.8) is 0 Å². The van der Waals surface area contributed by atoms with Gasteiger partial charge in [0.1, 0.15) is 6.33 Å². The zero-order valence-electron chi connectivity index (χ0n) is 12.6. The van der Waals surface area contributed by atoms with Crippen molar-refractivity contribution in [2.24, 2.45) is 0 Å². The normalized spacial score (nSPS) is 11.0. The number of hydrogen-bond donors (Lipinski definition) is 1. The molecule has 0 radical (unpaired) electrons. The molecule has 0 aliphatic carbocycles. The maximum absolute atomic E-state index is 5.65. The molecule has 0 aliphatic rings. The Balaban J connectivity index is 1.72. The van der Waals surface area contributed by atoms with Crippen molar-refractivity contribution >= 4 is 11.5 Å². The van der Waals surface area contributed by atoms with E-state index >= 15 is 0 Å². The predicted molar refractivity (Wildman–Crippen MR) is 84.5 cm³/mol. The third kappa shape index (κ3) is 3.23. The van der Waals surface area contributed by atoms with Crippen molar-refractivity contribution in [2.45, 2.75) is 26.5 Å². The van der Waals surface area contributed by atoms with Crippen LogP contribution in [0.25, 0.3) is 5.65 Å². The van der Waals surface area contributed by atoms with Crippen LogP contribution in [0.1, 0.15) is 24.5 Å². The Labute approximate surface area is 129 Å². The molecule has 2 heterocycles. The molecule has 0 saturated carbocycles. The highest BCUT2D eigenvalue weighted by Crippen LogP contribution is 2.15. The zero-order chi connectivity index (χ0) is 15.2. The second kappa shape index (κ2) is 7.00. The molecule has 3 aromatic rings. The van der Waals surface area contributed by atoms with Crippen LogP contribution >= 0.6 is 0 Å². The fraction of sp³-hybridized carbons (Fsp3) is 0.312. The fourth-order valence-electron chi connectivity index (χ4n) is 2.26. The summed E-state index contributed by atoms with van der Waals surface area (Å²) in [5.41, 5.74) is 3.11. The molecule has 1 aromatic carbocycles. The van der Waals surface area contributed by atoms with Crippen molar-refractivity contribution in [1.29, 1.82) is 0 Å². The first-order valence-corrected chi connectivity index (χ1v) is 7.41. The summed E-state index contributed by atoms with van der Waals surface area (Å²) in [6.45, 7) is 4.19. The van der Waals surface area contributed by atoms with Crippen molar-refractivity contribution < 1.29 is 4.74 Å². The first kappa shape index (κ1) is 14.5. The van der Waals surface area contributed by atoms with Crippen LogP contribution in [0.5, 0.6) is 0 Å². The second-order valence-electron chi connectivity index (χ2n) is 5.01. The van der Waals surface area contributed by atoms with Crippen LogP contribution in [0.15, 0.2) is 43.0 Å². The van der Waals surface area contributed by atoms with E-state index in [1.54, 1.807) is 12.5 Å². The average Bonchev–Trinajstić information content (AvgIpc) is 3.03. The maximum atomic E-state index is 5.65. The molecule has 0 atom stereocenters. The van der Waals surface area contributed by atoms with Crippen molar-refractivity contribution in [3.8, 4) is 0 Å². The first-order valence-electron chi connectivity index (χ1n) is 7.41. The molecule has 0 bridgehead atoms. The van der Waals surface area contributed by atoms with Gasteiger partial charge in [0.05, 0.1) is 6.61 Å². The van der Waals surface area contributed by atoms with E-state index in [1.807, 2.05) is 22.7 Å². The minimum atomic E-state index is 0.633. The summed E-state index contributed by atoms with van der Waals surface area (Å²) in [6.07, 6.45) is 6.25. The highest BCUT2D eigenvalue weighted by Gasteiger charge is 2.06. The minimum absolute atomic E-state index is 0.633. The summed E-state index contributed by atoms with van der Waals surface area (Å²) >= 11 is 0. The molecular weight excluding hydrogens is 278 g/mol. The lowest BCUT2D eigenvalue weighted by molar-refractivity contribution is 0.121. The molecule has 0 fully saturated rings. The summed E-state index contributed by atoms with van der Waals surface area (Å²) in [6, 6.07) is 8.26. The summed E-state index contributed by atoms with van der Waals surface area (Å²) in [7, 11) is 0. The van der Waals surface area contributed by atoms with Crippen LogP contribution in [0.4, 0.5) is 5.82 Å². The molecule has 6 nitrogen and oxygen atoms in total. The molecule has 0 amide bonds. The highest BCUT2D eigenvalue weighted by atomic mass is 16.5. The van der Waals surface area contributed by atoms with Gasteiger partial charge in [0, 0.05) is 25.5 Å². The van der Waals surface area contributed by atoms with E-state index in [2.05, 4.69) is 39.6 Å². The third-order valence-corrected chi connectivity index (χ3v) is 3.39. The lowest BCUT2D eigenvalue weighted by atomic mass is 10.1. The largest absolute Gasteiger partial charge is 0.377 e. The van der Waals surface area contributed by atoms with E-state index in [4.69, 9.17) is 4.74 Å². The molecule has 0 spiro atoms. The number of nitrogens with one attached hydrogen (secondary N) is 1. The van der Waals surface area contributed by atoms with E-state index < -0.39 is 0 Å². The van der Waals surface area contributed by atoms with E-state index in [0.717, 1.165) is 24.5 Å². The van der Waals surface area contributed by atoms with E-state index in [9.17, 15) is 0 Å². The number of hydrogen-bond acceptors (Lipinski definition) is 5. The van der Waals surface area contributed by atoms with Gasteiger partial charge in [0.15, 0.2) is 5.82 Å². The van der Waals surface area contributed by atoms with Crippen LogP contribution in [0.2, 0.25) is 0 Å². The molecule has 3 rings (SSSR count). The molecule has 22 heavy (non-hydrogen) atoms. The summed E-state index contributed by atoms with van der Waals surface area (Å²) in [5, 5.41) is 11.3. The average molecular weight is 297 g/mol. The molecule has 1 N–H and O–H groups in total. The van der Waals surface area contributed by atoms with Gasteiger partial charge >= 0.3 is 0 Å². The van der Waals surface area contributed by atoms with Crippen LogP contribution in [0, 0.1) is 0 Å². The van der Waals surface area contributed by atoms with E-state index in [0.29, 0.717) is 13.2 Å². The summed E-state index contributed by atoms with van der Waals surface area (Å²) in [5.74, 6) is 0.726. The monoisotopic (exact) mass is 297 g/mol. The Hall–Kier alpha value is -2.47. The number of nitrogens with zero attached hydrogens (tertiary/aromatic N) is 4. The maximum Gasteiger partial charge on any atom is 0.203 e. The van der Waals surface area contributed by atoms with Crippen molar-refractivity contribution in [3.05, 3.63) is 54.1 Å². The van der Waals surface area contributed by atoms with Crippen LogP contribution in [0.3, 0.4) is 0 Å². The van der Waals surface area contributed by atoms with E-state index in [-0.39, 0.29) is 0 Å². The molecule has 0 unspecified atom stereocenters. The lowest BCUT2D eigenvalue weighted by Crippen LogP contribution is -2.07. The molecule has 2 aromatic heterocycles. The Morgan fingerprint density at radius 1 is 1.23 bits per heavy atom. The highest BCUT2D eigenvalue weighted by molar-refractivity contribution is 5.61. The van der Waals surface area contributed by atoms with Gasteiger partial charge in [0.25, 0.3) is 0 Å². The number of rotatable bonds is 7. The van der Waals surface area contributed by atoms with Gasteiger partial charge in [-0.1, -0.05) is 31.2 Å². The standard InChI is InChI=1S/C16H19N5O/c1-2-9-22-11-14-6-4-3-5-13(14)10-18-15-16-20-19-12-21(16)8-7-17-15/h3-8,12H,2,9-11H2,1H3,(H,17,18). The van der Waals surface area contributed by atoms with Gasteiger partial charge in [-0.05, 0) is 17.5 Å². The molecule has 114 valence electrons. The third-order valence-electron chi connectivity index (χ3n) is 3.39. The second-order valence-corrected chi connectivity index (χ2v) is 5.01. The van der Waals surface area contributed by atoms with Gasteiger partial charge in [-0.25, -0.2) is 4.98 Å². The number of benzene rings is 1. The molecule has 6 heteroatoms. The fourth-order valence-corrected chi connectivity index (χ4v) is 2.26. The lowest BCUT2D eigenvalue weighted by Gasteiger charge is -2.11. The van der Waals surface area contributed by atoms with Gasteiger partial charge in [0.2, 0.25) is 5.65 Å². The predicted octanol–water partition coefficient (Wildman–Crippen LogP) is 2.66. The van der Waals surface area contributed by atoms with Crippen LogP contribution < -0.4 is 5.32 Å². The Morgan fingerprint density at radius 2 is 2.09 bits per heavy atom. The zero-order valence-corrected chi connectivity index (χ0v) is 12.6. The number of anilines is 1. The quantitative estimate of drug-likeness (QED) is 0.679. The van der Waals surface area contributed by atoms with Crippen LogP contribution in [-0.2, 0) is 17.9 Å². The number of ether oxygens (including phenoxy) is 1. The molecule has 0 saturated heterocycles. The molecular formula is C16H19N5O. The molecule has 0 aliphatic heterocycles. The van der Waals surface area contributed by atoms with Gasteiger partial charge in [-0.2, -0.15) is 0 Å². The van der Waals surface area contributed by atoms with Crippen molar-refractivity contribution in [1.82, 2.24) is 19.6 Å². The van der Waals surface area contributed by atoms with Crippen LogP contribution in [-0.4, -0.2) is 26.2 Å². The Morgan fingerprint density at radius 3 is 2.95 bits per heavy atom. The minimum Gasteiger partial charge on any atom is -0.377 e. The van der Waals surface area contributed by atoms with Gasteiger partial charge in [-0.3, -0.25) is 4.40 Å². The van der Waals surface area contributed by atoms with Gasteiger partial charge in [-0.15, -0.1) is 10.2 Å². The smallest absolute Gasteiger partial charge is 0.203 e. The number of fused-ring (bicyclic) bond motifs is 1. The Bertz CT molecular complexity index is 740. The number of aromatic nitrogens is 4. The topological polar surface area (TPSA) is 64.3 Å². The van der Waals surface area contributed by atoms with Gasteiger partial charge < -0.3 is 10.1 Å². The summed E-state index contributed by atoms with van der Waals surface area (Å²) < 4.78 is 7.49. The SMILES string of the molecule is CCCOCc1ccccc1CNc1nccn2cnnc12.